The summed E-state index contributed by atoms with van der Waals surface area (Å²) in [5.41, 5.74) is -0.258. The van der Waals surface area contributed by atoms with Gasteiger partial charge in [-0.3, -0.25) is 4.55 Å². The molecule has 0 heterocycles. The van der Waals surface area contributed by atoms with E-state index in [2.05, 4.69) is 0 Å². The molecule has 0 atom stereocenters. The van der Waals surface area contributed by atoms with Crippen molar-refractivity contribution in [2.45, 2.75) is 33.1 Å². The summed E-state index contributed by atoms with van der Waals surface area (Å²) >= 11 is 0. The maximum atomic E-state index is 10.6. The molecule has 0 bridgehead atoms. The van der Waals surface area contributed by atoms with Crippen molar-refractivity contribution < 1.29 is 13.0 Å². The lowest BCUT2D eigenvalue weighted by atomic mass is 9.68. The molecule has 1 aliphatic carbocycles. The zero-order valence-corrected chi connectivity index (χ0v) is 8.39. The average molecular weight is 192 g/mol. The van der Waals surface area contributed by atoms with E-state index in [4.69, 9.17) is 4.55 Å². The summed E-state index contributed by atoms with van der Waals surface area (Å²) in [5, 5.41) is 0. The molecule has 3 nitrogen and oxygen atoms in total. The minimum absolute atomic E-state index is 0.106. The quantitative estimate of drug-likeness (QED) is 0.692. The molecular formula is C8H16O3S. The van der Waals surface area contributed by atoms with E-state index in [9.17, 15) is 8.42 Å². The smallest absolute Gasteiger partial charge is 0.265 e. The van der Waals surface area contributed by atoms with Crippen LogP contribution < -0.4 is 0 Å². The zero-order valence-electron chi connectivity index (χ0n) is 7.58. The Labute approximate surface area is 73.9 Å². The molecule has 12 heavy (non-hydrogen) atoms. The van der Waals surface area contributed by atoms with Gasteiger partial charge in [-0.05, 0) is 24.2 Å². The molecule has 1 saturated carbocycles. The van der Waals surface area contributed by atoms with Gasteiger partial charge in [0.05, 0.1) is 5.75 Å². The molecule has 1 fully saturated rings. The van der Waals surface area contributed by atoms with Gasteiger partial charge in [-0.15, -0.1) is 0 Å². The normalized spacial score (nSPS) is 20.6. The third-order valence-corrected chi connectivity index (χ3v) is 3.87. The second-order valence-corrected chi connectivity index (χ2v) is 5.80. The van der Waals surface area contributed by atoms with Crippen LogP contribution in [0.1, 0.15) is 33.1 Å². The van der Waals surface area contributed by atoms with Gasteiger partial charge in [-0.25, -0.2) is 0 Å². The molecule has 1 rings (SSSR count). The summed E-state index contributed by atoms with van der Waals surface area (Å²) in [7, 11) is -3.80. The van der Waals surface area contributed by atoms with Gasteiger partial charge in [0, 0.05) is 0 Å². The highest BCUT2D eigenvalue weighted by atomic mass is 32.2. The first kappa shape index (κ1) is 9.99. The Morgan fingerprint density at radius 3 is 2.17 bits per heavy atom. The molecule has 0 aromatic rings. The van der Waals surface area contributed by atoms with Crippen molar-refractivity contribution >= 4 is 10.1 Å². The second kappa shape index (κ2) is 3.00. The van der Waals surface area contributed by atoms with Gasteiger partial charge in [0.1, 0.15) is 0 Å². The van der Waals surface area contributed by atoms with Crippen molar-refractivity contribution in [1.29, 1.82) is 0 Å². The van der Waals surface area contributed by atoms with Crippen LogP contribution in [0.2, 0.25) is 0 Å². The van der Waals surface area contributed by atoms with Crippen molar-refractivity contribution in [3.8, 4) is 0 Å². The van der Waals surface area contributed by atoms with Gasteiger partial charge in [0.15, 0.2) is 0 Å². The van der Waals surface area contributed by atoms with Crippen LogP contribution in [0.3, 0.4) is 0 Å². The van der Waals surface area contributed by atoms with E-state index >= 15 is 0 Å². The van der Waals surface area contributed by atoms with Crippen molar-refractivity contribution in [2.24, 2.45) is 11.3 Å². The monoisotopic (exact) mass is 192 g/mol. The molecule has 4 heteroatoms. The van der Waals surface area contributed by atoms with Gasteiger partial charge in [-0.2, -0.15) is 8.42 Å². The van der Waals surface area contributed by atoms with Crippen LogP contribution in [0.4, 0.5) is 0 Å². The maximum Gasteiger partial charge on any atom is 0.265 e. The third kappa shape index (κ3) is 2.45. The van der Waals surface area contributed by atoms with Crippen LogP contribution >= 0.6 is 0 Å². The predicted molar refractivity (Wildman–Crippen MR) is 47.5 cm³/mol. The highest BCUT2D eigenvalue weighted by Gasteiger charge is 2.36. The standard InChI is InChI=1S/C8H16O3S/c1-8(2,6-12(9,10)11)7-4-3-5-7/h7H,3-6H2,1-2H3,(H,9,10,11). The van der Waals surface area contributed by atoms with E-state index in [1.807, 2.05) is 13.8 Å². The highest BCUT2D eigenvalue weighted by molar-refractivity contribution is 7.85. The summed E-state index contributed by atoms with van der Waals surface area (Å²) in [4.78, 5) is 0. The van der Waals surface area contributed by atoms with Crippen LogP contribution in [0.15, 0.2) is 0 Å². The topological polar surface area (TPSA) is 54.4 Å². The molecule has 0 spiro atoms. The molecule has 72 valence electrons. The Morgan fingerprint density at radius 1 is 1.42 bits per heavy atom. The summed E-state index contributed by atoms with van der Waals surface area (Å²) in [6.07, 6.45) is 3.39. The summed E-state index contributed by atoms with van der Waals surface area (Å²) < 4.78 is 30.0. The first-order valence-electron chi connectivity index (χ1n) is 4.26. The van der Waals surface area contributed by atoms with Gasteiger partial charge in [0.25, 0.3) is 10.1 Å². The summed E-state index contributed by atoms with van der Waals surface area (Å²) in [6, 6.07) is 0. The minimum Gasteiger partial charge on any atom is -0.286 e. The zero-order chi connectivity index (χ0) is 9.41. The fourth-order valence-electron chi connectivity index (χ4n) is 1.78. The van der Waals surface area contributed by atoms with Crippen LogP contribution in [0.5, 0.6) is 0 Å². The van der Waals surface area contributed by atoms with Crippen molar-refractivity contribution in [1.82, 2.24) is 0 Å². The molecule has 0 aromatic heterocycles. The molecule has 0 radical (unpaired) electrons. The summed E-state index contributed by atoms with van der Waals surface area (Å²) in [6.45, 7) is 3.81. The molecule has 1 N–H and O–H groups in total. The molecule has 0 saturated heterocycles. The molecular weight excluding hydrogens is 176 g/mol. The number of hydrogen-bond donors (Lipinski definition) is 1. The Balaban J connectivity index is 2.59. The van der Waals surface area contributed by atoms with Crippen molar-refractivity contribution in [3.05, 3.63) is 0 Å². The lowest BCUT2D eigenvalue weighted by Gasteiger charge is -2.39. The maximum absolute atomic E-state index is 10.6. The van der Waals surface area contributed by atoms with E-state index in [-0.39, 0.29) is 11.2 Å². The van der Waals surface area contributed by atoms with Crippen LogP contribution in [0.25, 0.3) is 0 Å². The van der Waals surface area contributed by atoms with Gasteiger partial charge >= 0.3 is 0 Å². The second-order valence-electron chi connectivity index (χ2n) is 4.34. The highest BCUT2D eigenvalue weighted by Crippen LogP contribution is 2.42. The predicted octanol–water partition coefficient (Wildman–Crippen LogP) is 1.70. The Hall–Kier alpha value is -0.0900. The SMILES string of the molecule is CC(C)(CS(=O)(=O)O)C1CCC1. The van der Waals surface area contributed by atoms with Gasteiger partial charge in [-0.1, -0.05) is 20.3 Å². The Morgan fingerprint density at radius 2 is 1.92 bits per heavy atom. The third-order valence-electron chi connectivity index (χ3n) is 2.76. The van der Waals surface area contributed by atoms with E-state index in [0.29, 0.717) is 5.92 Å². The Kier molecular flexibility index (Phi) is 2.50. The van der Waals surface area contributed by atoms with Crippen LogP contribution in [0, 0.1) is 11.3 Å². The lowest BCUT2D eigenvalue weighted by Crippen LogP contribution is -2.35. The molecule has 0 aromatic carbocycles. The van der Waals surface area contributed by atoms with Gasteiger partial charge in [0.2, 0.25) is 0 Å². The first-order valence-corrected chi connectivity index (χ1v) is 5.87. The van der Waals surface area contributed by atoms with E-state index in [1.165, 1.54) is 6.42 Å². The fraction of sp³-hybridized carbons (Fsp3) is 1.00. The number of rotatable bonds is 3. The average Bonchev–Trinajstić information content (AvgIpc) is 1.45. The van der Waals surface area contributed by atoms with E-state index < -0.39 is 10.1 Å². The van der Waals surface area contributed by atoms with Gasteiger partial charge < -0.3 is 0 Å². The molecule has 0 amide bonds. The largest absolute Gasteiger partial charge is 0.286 e. The first-order chi connectivity index (χ1) is 5.31. The molecule has 0 unspecified atom stereocenters. The molecule has 1 aliphatic rings. The Bertz CT molecular complexity index is 249. The van der Waals surface area contributed by atoms with Crippen molar-refractivity contribution in [2.75, 3.05) is 5.75 Å². The van der Waals surface area contributed by atoms with Crippen LogP contribution in [-0.4, -0.2) is 18.7 Å². The molecule has 0 aliphatic heterocycles. The van der Waals surface area contributed by atoms with Crippen LogP contribution in [-0.2, 0) is 10.1 Å². The van der Waals surface area contributed by atoms with E-state index in [0.717, 1.165) is 12.8 Å². The van der Waals surface area contributed by atoms with Crippen molar-refractivity contribution in [3.63, 3.8) is 0 Å². The minimum atomic E-state index is -3.80. The lowest BCUT2D eigenvalue weighted by molar-refractivity contribution is 0.141. The summed E-state index contributed by atoms with van der Waals surface area (Å²) in [5.74, 6) is 0.365. The van der Waals surface area contributed by atoms with E-state index in [1.54, 1.807) is 0 Å². The fourth-order valence-corrected chi connectivity index (χ4v) is 2.95. The number of hydrogen-bond acceptors (Lipinski definition) is 2.